The number of hydrogen-bond donors (Lipinski definition) is 3. The Hall–Kier alpha value is -3.08. The first-order valence-electron chi connectivity index (χ1n) is 15.5. The number of ketones is 2. The summed E-state index contributed by atoms with van der Waals surface area (Å²) in [4.78, 5) is 26.0. The molecule has 10 heteroatoms. The highest BCUT2D eigenvalue weighted by molar-refractivity contribution is 6.32. The van der Waals surface area contributed by atoms with Crippen molar-refractivity contribution >= 4 is 28.9 Å². The van der Waals surface area contributed by atoms with Crippen molar-refractivity contribution in [1.29, 1.82) is 0 Å². The van der Waals surface area contributed by atoms with Crippen LogP contribution in [0.3, 0.4) is 0 Å². The Kier molecular flexibility index (Phi) is 7.30. The third-order valence-electron chi connectivity index (χ3n) is 11.5. The van der Waals surface area contributed by atoms with Crippen molar-refractivity contribution < 1.29 is 38.4 Å². The van der Waals surface area contributed by atoms with Gasteiger partial charge in [-0.05, 0) is 79.5 Å². The van der Waals surface area contributed by atoms with E-state index in [-0.39, 0.29) is 52.9 Å². The Bertz CT molecular complexity index is 1640. The van der Waals surface area contributed by atoms with Gasteiger partial charge >= 0.3 is 0 Å². The van der Waals surface area contributed by atoms with E-state index in [0.717, 1.165) is 17.6 Å². The van der Waals surface area contributed by atoms with E-state index in [1.165, 1.54) is 12.1 Å². The molecule has 0 unspecified atom stereocenters. The van der Waals surface area contributed by atoms with Crippen LogP contribution in [-0.4, -0.2) is 46.2 Å². The highest BCUT2D eigenvalue weighted by Crippen LogP contribution is 2.70. The molecule has 0 radical (unpaired) electrons. The lowest BCUT2D eigenvalue weighted by Gasteiger charge is -2.59. The third-order valence-corrected chi connectivity index (χ3v) is 11.9. The van der Waals surface area contributed by atoms with E-state index < -0.39 is 53.1 Å². The van der Waals surface area contributed by atoms with Gasteiger partial charge in [0.1, 0.15) is 24.8 Å². The molecule has 0 spiro atoms. The van der Waals surface area contributed by atoms with Gasteiger partial charge in [0.15, 0.2) is 23.5 Å². The van der Waals surface area contributed by atoms with Crippen molar-refractivity contribution in [2.24, 2.45) is 28.6 Å². The van der Waals surface area contributed by atoms with Crippen molar-refractivity contribution in [1.82, 2.24) is 0 Å². The number of carbonyl (C=O) groups excluding carboxylic acids is 2. The number of ether oxygens (including phenoxy) is 3. The van der Waals surface area contributed by atoms with Gasteiger partial charge in [-0.1, -0.05) is 49.2 Å². The SMILES string of the molecule is C[C@]12C=CC(=O)C=C1CC[C@@H]1[C@@H]2[C@@H](O)C[C@@]2(C)[C@H]1C[C@H]1O[C@H](c3c(F)ccc(OCc4cccc(N)c4)c3Cl)O[C@]12C(=O)CO. The number of halogens is 2. The molecule has 3 saturated carbocycles. The second-order valence-corrected chi connectivity index (χ2v) is 14.0. The topological polar surface area (TPSA) is 128 Å². The van der Waals surface area contributed by atoms with Gasteiger partial charge in [0.2, 0.25) is 0 Å². The second-order valence-electron chi connectivity index (χ2n) is 13.6. The molecule has 5 aliphatic rings. The summed E-state index contributed by atoms with van der Waals surface area (Å²) >= 11 is 6.72. The first kappa shape index (κ1) is 30.6. The minimum Gasteiger partial charge on any atom is -0.487 e. The third kappa shape index (κ3) is 4.38. The van der Waals surface area contributed by atoms with Gasteiger partial charge in [0.25, 0.3) is 0 Å². The zero-order valence-corrected chi connectivity index (χ0v) is 25.9. The molecule has 1 saturated heterocycles. The Balaban J connectivity index is 1.21. The zero-order chi connectivity index (χ0) is 31.9. The molecular formula is C35H37ClFNO7. The molecule has 0 bridgehead atoms. The van der Waals surface area contributed by atoms with Crippen LogP contribution >= 0.6 is 11.6 Å². The molecule has 1 aliphatic heterocycles. The van der Waals surface area contributed by atoms with Gasteiger partial charge in [0, 0.05) is 22.4 Å². The number of benzene rings is 2. The number of rotatable bonds is 6. The summed E-state index contributed by atoms with van der Waals surface area (Å²) in [5.74, 6) is -1.35. The van der Waals surface area contributed by atoms with Crippen LogP contribution in [0, 0.1) is 34.4 Å². The summed E-state index contributed by atoms with van der Waals surface area (Å²) in [5.41, 5.74) is 5.14. The second kappa shape index (κ2) is 10.7. The number of nitrogen functional groups attached to an aromatic ring is 1. The normalized spacial score (nSPS) is 38.2. The number of hydrogen-bond acceptors (Lipinski definition) is 8. The van der Waals surface area contributed by atoms with Crippen molar-refractivity contribution in [3.8, 4) is 5.75 Å². The molecule has 45 heavy (non-hydrogen) atoms. The van der Waals surface area contributed by atoms with Crippen molar-refractivity contribution in [2.45, 2.75) is 70.2 Å². The zero-order valence-electron chi connectivity index (χ0n) is 25.2. The van der Waals surface area contributed by atoms with Crippen molar-refractivity contribution in [2.75, 3.05) is 12.3 Å². The van der Waals surface area contributed by atoms with Gasteiger partial charge < -0.3 is 30.2 Å². The van der Waals surface area contributed by atoms with Crippen LogP contribution in [0.1, 0.15) is 56.9 Å². The highest BCUT2D eigenvalue weighted by atomic mass is 35.5. The molecule has 7 rings (SSSR count). The average molecular weight is 638 g/mol. The van der Waals surface area contributed by atoms with Crippen molar-refractivity contribution in [3.05, 3.63) is 82.2 Å². The van der Waals surface area contributed by atoms with Crippen LogP contribution in [0.5, 0.6) is 5.75 Å². The number of allylic oxidation sites excluding steroid dienone is 4. The Morgan fingerprint density at radius 2 is 2.04 bits per heavy atom. The quantitative estimate of drug-likeness (QED) is 0.367. The van der Waals surface area contributed by atoms with Gasteiger partial charge in [-0.15, -0.1) is 0 Å². The van der Waals surface area contributed by atoms with Crippen LogP contribution in [0.25, 0.3) is 0 Å². The number of nitrogens with two attached hydrogens (primary N) is 1. The monoisotopic (exact) mass is 637 g/mol. The van der Waals surface area contributed by atoms with E-state index in [0.29, 0.717) is 18.5 Å². The first-order chi connectivity index (χ1) is 21.4. The molecule has 2 aromatic carbocycles. The fourth-order valence-electron chi connectivity index (χ4n) is 9.54. The van der Waals surface area contributed by atoms with Crippen LogP contribution in [-0.2, 0) is 25.7 Å². The molecule has 0 amide bonds. The maximum atomic E-state index is 15.5. The Morgan fingerprint density at radius 3 is 2.80 bits per heavy atom. The molecule has 9 atom stereocenters. The Morgan fingerprint density at radius 1 is 1.24 bits per heavy atom. The number of anilines is 1. The van der Waals surface area contributed by atoms with E-state index >= 15 is 4.39 Å². The standard InChI is InChI=1S/C35H37ClFNO7/c1-33-11-10-21(40)13-19(33)6-7-22-23-14-28-35(27(42)16-39,34(23,2)15-25(41)30(22)33)45-32(44-28)29-24(37)8-9-26(31(29)36)43-17-18-4-3-5-20(38)12-18/h3-5,8-13,22-23,25,28,30,32,39,41H,6-7,14-17,38H2,1-2H3/t22-,23-,25-,28+,30+,32-,33-,34-,35+/m0/s1. The number of carbonyl (C=O) groups is 2. The first-order valence-corrected chi connectivity index (χ1v) is 15.9. The highest BCUT2D eigenvalue weighted by Gasteiger charge is 2.76. The predicted octanol–water partition coefficient (Wildman–Crippen LogP) is 5.24. The summed E-state index contributed by atoms with van der Waals surface area (Å²) in [6.45, 7) is 3.34. The maximum absolute atomic E-state index is 15.5. The van der Waals surface area contributed by atoms with Gasteiger partial charge in [-0.3, -0.25) is 9.59 Å². The smallest absolute Gasteiger partial charge is 0.193 e. The maximum Gasteiger partial charge on any atom is 0.193 e. The molecule has 4 fully saturated rings. The lowest BCUT2D eigenvalue weighted by Crippen LogP contribution is -2.63. The number of aliphatic hydroxyl groups is 2. The fraction of sp³-hybridized carbons (Fsp3) is 0.486. The number of Topliss-reactive ketones (excluding diaryl/α,β-unsaturated/α-hetero) is 1. The summed E-state index contributed by atoms with van der Waals surface area (Å²) in [6.07, 6.45) is 4.30. The minimum atomic E-state index is -1.63. The van der Waals surface area contributed by atoms with Crippen molar-refractivity contribution in [3.63, 3.8) is 0 Å². The largest absolute Gasteiger partial charge is 0.487 e. The van der Waals surface area contributed by atoms with Gasteiger partial charge in [-0.2, -0.15) is 0 Å². The summed E-state index contributed by atoms with van der Waals surface area (Å²) in [6, 6.07) is 9.81. The minimum absolute atomic E-state index is 0.00226. The molecular weight excluding hydrogens is 601 g/mol. The molecule has 1 heterocycles. The molecule has 0 aromatic heterocycles. The Labute approximate surface area is 266 Å². The van der Waals surface area contributed by atoms with Gasteiger partial charge in [0.05, 0.1) is 22.8 Å². The van der Waals surface area contributed by atoms with Crippen LogP contribution in [0.4, 0.5) is 10.1 Å². The molecule has 4 N–H and O–H groups in total. The molecule has 238 valence electrons. The summed E-state index contributed by atoms with van der Waals surface area (Å²) in [5, 5.41) is 22.0. The van der Waals surface area contributed by atoms with E-state index in [1.54, 1.807) is 30.4 Å². The summed E-state index contributed by atoms with van der Waals surface area (Å²) < 4.78 is 34.4. The van der Waals surface area contributed by atoms with Crippen LogP contribution in [0.2, 0.25) is 5.02 Å². The van der Waals surface area contributed by atoms with E-state index in [1.807, 2.05) is 19.1 Å². The van der Waals surface area contributed by atoms with E-state index in [4.69, 9.17) is 31.5 Å². The molecule has 8 nitrogen and oxygen atoms in total. The van der Waals surface area contributed by atoms with Gasteiger partial charge in [-0.25, -0.2) is 4.39 Å². The fourth-order valence-corrected chi connectivity index (χ4v) is 9.83. The lowest BCUT2D eigenvalue weighted by atomic mass is 9.46. The molecule has 2 aromatic rings. The number of fused-ring (bicyclic) bond motifs is 7. The van der Waals surface area contributed by atoms with Crippen LogP contribution < -0.4 is 10.5 Å². The van der Waals surface area contributed by atoms with E-state index in [9.17, 15) is 19.8 Å². The van der Waals surface area contributed by atoms with Crippen LogP contribution in [0.15, 0.2) is 60.2 Å². The summed E-state index contributed by atoms with van der Waals surface area (Å²) in [7, 11) is 0. The average Bonchev–Trinajstić information content (AvgIpc) is 3.49. The molecule has 4 aliphatic carbocycles. The predicted molar refractivity (Wildman–Crippen MR) is 164 cm³/mol. The number of aliphatic hydroxyl groups excluding tert-OH is 2. The lowest BCUT2D eigenvalue weighted by molar-refractivity contribution is -0.201. The van der Waals surface area contributed by atoms with E-state index in [2.05, 4.69) is 6.92 Å².